The third kappa shape index (κ3) is 4.54. The number of oxime groups is 1. The Hall–Kier alpha value is -1.46. The first-order valence-electron chi connectivity index (χ1n) is 7.64. The van der Waals surface area contributed by atoms with Crippen molar-refractivity contribution in [2.75, 3.05) is 12.9 Å². The molecule has 0 aliphatic carbocycles. The van der Waals surface area contributed by atoms with Crippen LogP contribution in [0.5, 0.6) is 5.75 Å². The summed E-state index contributed by atoms with van der Waals surface area (Å²) in [6.07, 6.45) is 0. The molecule has 0 aromatic heterocycles. The first kappa shape index (κ1) is 18.9. The number of hydrogen-bond donors (Lipinski definition) is 1. The molecule has 0 aliphatic heterocycles. The molecule has 0 unspecified atom stereocenters. The van der Waals surface area contributed by atoms with Crippen LogP contribution in [0.2, 0.25) is 0 Å². The minimum absolute atomic E-state index is 0.0863. The molecule has 1 N–H and O–H groups in total. The molecule has 0 fully saturated rings. The largest absolute Gasteiger partial charge is 0.495 e. The highest BCUT2D eigenvalue weighted by Gasteiger charge is 2.23. The number of ether oxygens (including phenoxy) is 1. The zero-order valence-corrected chi connectivity index (χ0v) is 16.7. The molecule has 24 heavy (non-hydrogen) atoms. The van der Waals surface area contributed by atoms with E-state index in [2.05, 4.69) is 41.9 Å². The van der Waals surface area contributed by atoms with Crippen LogP contribution in [0, 0.1) is 0 Å². The van der Waals surface area contributed by atoms with E-state index in [0.29, 0.717) is 11.5 Å². The zero-order chi connectivity index (χ0) is 17.7. The van der Waals surface area contributed by atoms with Crippen molar-refractivity contribution in [2.24, 2.45) is 5.16 Å². The molecule has 5 heteroatoms. The maximum absolute atomic E-state index is 9.50. The lowest BCUT2D eigenvalue weighted by atomic mass is 9.85. The van der Waals surface area contributed by atoms with Crippen LogP contribution < -0.4 is 4.74 Å². The molecule has 0 aliphatic rings. The fourth-order valence-electron chi connectivity index (χ4n) is 2.36. The monoisotopic (exact) mass is 407 g/mol. The first-order chi connectivity index (χ1) is 11.4. The molecule has 0 atom stereocenters. The molecule has 0 bridgehead atoms. The second kappa shape index (κ2) is 8.08. The Morgan fingerprint density at radius 3 is 2.42 bits per heavy atom. The number of nitrogens with zero attached hydrogens (tertiary/aromatic N) is 1. The summed E-state index contributed by atoms with van der Waals surface area (Å²) >= 11 is 5.22. The quantitative estimate of drug-likeness (QED) is 0.298. The van der Waals surface area contributed by atoms with Crippen molar-refractivity contribution in [3.63, 3.8) is 0 Å². The first-order valence-corrected chi connectivity index (χ1v) is 9.42. The van der Waals surface area contributed by atoms with E-state index in [1.165, 1.54) is 0 Å². The summed E-state index contributed by atoms with van der Waals surface area (Å²) < 4.78 is 6.41. The van der Waals surface area contributed by atoms with E-state index >= 15 is 0 Å². The predicted molar refractivity (Wildman–Crippen MR) is 105 cm³/mol. The smallest absolute Gasteiger partial charge is 0.136 e. The third-order valence-corrected chi connectivity index (χ3v) is 5.24. The summed E-state index contributed by atoms with van der Waals surface area (Å²) in [4.78, 5) is 1.14. The van der Waals surface area contributed by atoms with Crippen molar-refractivity contribution in [3.8, 4) is 5.75 Å². The second-order valence-corrected chi connectivity index (χ2v) is 8.34. The summed E-state index contributed by atoms with van der Waals surface area (Å²) in [7, 11) is 1.67. The van der Waals surface area contributed by atoms with Crippen LogP contribution in [0.1, 0.15) is 31.9 Å². The van der Waals surface area contributed by atoms with E-state index in [-0.39, 0.29) is 5.41 Å². The molecule has 0 amide bonds. The van der Waals surface area contributed by atoms with Crippen molar-refractivity contribution in [1.82, 2.24) is 0 Å². The number of halogens is 1. The van der Waals surface area contributed by atoms with Gasteiger partial charge in [-0.3, -0.25) is 0 Å². The summed E-state index contributed by atoms with van der Waals surface area (Å²) in [6.45, 7) is 6.40. The molecule has 0 heterocycles. The molecule has 128 valence electrons. The van der Waals surface area contributed by atoms with Gasteiger partial charge in [-0.15, -0.1) is 11.8 Å². The van der Waals surface area contributed by atoms with Crippen LogP contribution in [0.25, 0.3) is 0 Å². The van der Waals surface area contributed by atoms with Crippen LogP contribution >= 0.6 is 27.7 Å². The minimum Gasteiger partial charge on any atom is -0.495 e. The van der Waals surface area contributed by atoms with Gasteiger partial charge < -0.3 is 9.94 Å². The van der Waals surface area contributed by atoms with Crippen molar-refractivity contribution in [3.05, 3.63) is 58.1 Å². The van der Waals surface area contributed by atoms with Crippen LogP contribution in [0.15, 0.2) is 57.0 Å². The van der Waals surface area contributed by atoms with E-state index in [9.17, 15) is 5.21 Å². The van der Waals surface area contributed by atoms with Gasteiger partial charge in [0.15, 0.2) is 0 Å². The molecule has 3 nitrogen and oxygen atoms in total. The molecule has 2 rings (SSSR count). The highest BCUT2D eigenvalue weighted by molar-refractivity contribution is 9.10. The van der Waals surface area contributed by atoms with Gasteiger partial charge >= 0.3 is 0 Å². The topological polar surface area (TPSA) is 41.8 Å². The van der Waals surface area contributed by atoms with Crippen molar-refractivity contribution in [2.45, 2.75) is 31.1 Å². The van der Waals surface area contributed by atoms with Gasteiger partial charge in [0.1, 0.15) is 5.75 Å². The van der Waals surface area contributed by atoms with E-state index < -0.39 is 0 Å². The molecule has 0 saturated carbocycles. The number of thioether (sulfide) groups is 1. The lowest BCUT2D eigenvalue weighted by molar-refractivity contribution is 0.319. The molecule has 2 aromatic carbocycles. The Bertz CT molecular complexity index is 724. The normalized spacial score (nSPS) is 12.3. The van der Waals surface area contributed by atoms with Gasteiger partial charge in [-0.2, -0.15) is 0 Å². The lowest BCUT2D eigenvalue weighted by Crippen LogP contribution is -2.15. The highest BCUT2D eigenvalue weighted by atomic mass is 79.9. The van der Waals surface area contributed by atoms with Crippen molar-refractivity contribution >= 4 is 33.4 Å². The van der Waals surface area contributed by atoms with E-state index in [4.69, 9.17) is 4.74 Å². The maximum Gasteiger partial charge on any atom is 0.136 e. The van der Waals surface area contributed by atoms with Crippen molar-refractivity contribution < 1.29 is 9.94 Å². The molecule has 2 aromatic rings. The second-order valence-electron chi connectivity index (χ2n) is 6.44. The Kier molecular flexibility index (Phi) is 6.35. The maximum atomic E-state index is 9.50. The number of rotatable bonds is 5. The van der Waals surface area contributed by atoms with Gasteiger partial charge in [0.25, 0.3) is 0 Å². The molecule has 0 saturated heterocycles. The average Bonchev–Trinajstić information content (AvgIpc) is 2.55. The third-order valence-electron chi connectivity index (χ3n) is 3.63. The number of benzene rings is 2. The predicted octanol–water partition coefficient (Wildman–Crippen LogP) is 5.73. The SMILES string of the molecule is COc1c(Br)cc(/C(CSc2ccccc2)=N/O)cc1C(C)(C)C. The standard InChI is InChI=1S/C19H22BrNO2S/c1-19(2,3)15-10-13(11-16(20)18(15)23-4)17(21-22)12-24-14-8-6-5-7-9-14/h5-11,22H,12H2,1-4H3/b21-17+. The van der Waals surface area contributed by atoms with E-state index in [1.54, 1.807) is 18.9 Å². The van der Waals surface area contributed by atoms with E-state index in [1.807, 2.05) is 42.5 Å². The average molecular weight is 408 g/mol. The summed E-state index contributed by atoms with van der Waals surface area (Å²) in [5.74, 6) is 1.40. The lowest BCUT2D eigenvalue weighted by Gasteiger charge is -2.24. The van der Waals surface area contributed by atoms with Crippen LogP contribution in [-0.4, -0.2) is 23.8 Å². The number of hydrogen-bond acceptors (Lipinski definition) is 4. The Balaban J connectivity index is 2.34. The van der Waals surface area contributed by atoms with Gasteiger partial charge in [0.2, 0.25) is 0 Å². The number of methoxy groups -OCH3 is 1. The zero-order valence-electron chi connectivity index (χ0n) is 14.3. The van der Waals surface area contributed by atoms with Crippen LogP contribution in [0.3, 0.4) is 0 Å². The Morgan fingerprint density at radius 1 is 1.21 bits per heavy atom. The van der Waals surface area contributed by atoms with Gasteiger partial charge in [-0.25, -0.2) is 0 Å². The molecule has 0 radical (unpaired) electrons. The fraction of sp³-hybridized carbons (Fsp3) is 0.316. The summed E-state index contributed by atoms with van der Waals surface area (Å²) in [5.41, 5.74) is 2.51. The van der Waals surface area contributed by atoms with Crippen LogP contribution in [-0.2, 0) is 5.41 Å². The van der Waals surface area contributed by atoms with Gasteiger partial charge in [0.05, 0.1) is 17.3 Å². The fourth-order valence-corrected chi connectivity index (χ4v) is 3.86. The summed E-state index contributed by atoms with van der Waals surface area (Å²) in [6, 6.07) is 14.1. The van der Waals surface area contributed by atoms with Crippen molar-refractivity contribution in [1.29, 1.82) is 0 Å². The Morgan fingerprint density at radius 2 is 1.88 bits per heavy atom. The molecular formula is C19H22BrNO2S. The molecule has 0 spiro atoms. The molecular weight excluding hydrogens is 386 g/mol. The highest BCUT2D eigenvalue weighted by Crippen LogP contribution is 2.38. The Labute approximate surface area is 156 Å². The van der Waals surface area contributed by atoms with E-state index in [0.717, 1.165) is 26.2 Å². The van der Waals surface area contributed by atoms with Gasteiger partial charge in [-0.05, 0) is 45.6 Å². The minimum atomic E-state index is -0.0863. The van der Waals surface area contributed by atoms with Crippen LogP contribution in [0.4, 0.5) is 0 Å². The van der Waals surface area contributed by atoms with Gasteiger partial charge in [-0.1, -0.05) is 44.1 Å². The summed E-state index contributed by atoms with van der Waals surface area (Å²) in [5, 5.41) is 13.0. The van der Waals surface area contributed by atoms with Gasteiger partial charge in [0, 0.05) is 21.8 Å².